The van der Waals surface area contributed by atoms with Gasteiger partial charge in [0.15, 0.2) is 11.6 Å². The Labute approximate surface area is 154 Å². The first-order valence-corrected chi connectivity index (χ1v) is 9.47. The molecule has 0 saturated carbocycles. The Hall–Kier alpha value is -1.88. The third kappa shape index (κ3) is 4.34. The summed E-state index contributed by atoms with van der Waals surface area (Å²) >= 11 is 0. The Balaban J connectivity index is 2.43. The number of hydrogen-bond donors (Lipinski definition) is 0. The summed E-state index contributed by atoms with van der Waals surface area (Å²) in [5, 5.41) is 0. The van der Waals surface area contributed by atoms with Crippen LogP contribution in [0.1, 0.15) is 27.7 Å². The van der Waals surface area contributed by atoms with Crippen LogP contribution in [0.25, 0.3) is 0 Å². The smallest absolute Gasteiger partial charge is 0.403 e. The van der Waals surface area contributed by atoms with Gasteiger partial charge in [0.05, 0.1) is 12.1 Å². The number of alkyl halides is 3. The Kier molecular flexibility index (Phi) is 5.50. The van der Waals surface area contributed by atoms with Gasteiger partial charge in [0.1, 0.15) is 4.90 Å². The molecule has 152 valence electrons. The molecule has 0 aromatic heterocycles. The van der Waals surface area contributed by atoms with Gasteiger partial charge in [-0.2, -0.15) is 4.31 Å². The van der Waals surface area contributed by atoms with Crippen LogP contribution in [0.4, 0.5) is 17.6 Å². The molecule has 1 aromatic rings. The van der Waals surface area contributed by atoms with Crippen LogP contribution < -0.4 is 4.74 Å². The largest absolute Gasteiger partial charge is 0.573 e. The second-order valence-electron chi connectivity index (χ2n) is 7.06. The van der Waals surface area contributed by atoms with Crippen molar-refractivity contribution in [2.24, 2.45) is 0 Å². The molecule has 0 N–H and O–H groups in total. The third-order valence-corrected chi connectivity index (χ3v) is 5.89. The average Bonchev–Trinajstić information content (AvgIpc) is 2.45. The molecule has 1 aliphatic heterocycles. The molecule has 1 aliphatic rings. The predicted octanol–water partition coefficient (Wildman–Crippen LogP) is 2.74. The maximum absolute atomic E-state index is 14.4. The summed E-state index contributed by atoms with van der Waals surface area (Å²) in [4.78, 5) is 13.0. The van der Waals surface area contributed by atoms with Crippen molar-refractivity contribution in [3.8, 4) is 5.75 Å². The Morgan fingerprint density at radius 3 is 2.30 bits per heavy atom. The van der Waals surface area contributed by atoms with Gasteiger partial charge in [0, 0.05) is 12.6 Å². The van der Waals surface area contributed by atoms with Crippen molar-refractivity contribution in [2.75, 3.05) is 13.1 Å². The highest BCUT2D eigenvalue weighted by molar-refractivity contribution is 7.89. The minimum Gasteiger partial charge on any atom is -0.403 e. The molecule has 0 radical (unpaired) electrons. The molecule has 1 aromatic carbocycles. The number of hydrogen-bond acceptors (Lipinski definition) is 4. The molecule has 1 heterocycles. The van der Waals surface area contributed by atoms with E-state index in [1.165, 1.54) is 4.90 Å². The van der Waals surface area contributed by atoms with Crippen molar-refractivity contribution in [1.82, 2.24) is 9.21 Å². The first kappa shape index (κ1) is 21.4. The van der Waals surface area contributed by atoms with Gasteiger partial charge in [-0.25, -0.2) is 12.8 Å². The Morgan fingerprint density at radius 2 is 1.81 bits per heavy atom. The van der Waals surface area contributed by atoms with E-state index in [4.69, 9.17) is 0 Å². The van der Waals surface area contributed by atoms with Crippen LogP contribution in [-0.2, 0) is 14.8 Å². The normalized spacial score (nSPS) is 18.9. The highest BCUT2D eigenvalue weighted by Crippen LogP contribution is 2.33. The zero-order chi connectivity index (χ0) is 20.8. The van der Waals surface area contributed by atoms with Crippen molar-refractivity contribution in [3.05, 3.63) is 24.0 Å². The third-order valence-electron chi connectivity index (χ3n) is 4.08. The van der Waals surface area contributed by atoms with Gasteiger partial charge in [-0.05, 0) is 39.8 Å². The molecular weight excluding hydrogens is 392 g/mol. The summed E-state index contributed by atoms with van der Waals surface area (Å²) in [6.45, 7) is 6.21. The van der Waals surface area contributed by atoms with Gasteiger partial charge in [-0.1, -0.05) is 6.07 Å². The molecule has 0 atom stereocenters. The Morgan fingerprint density at radius 1 is 1.22 bits per heavy atom. The van der Waals surface area contributed by atoms with E-state index in [0.717, 1.165) is 16.4 Å². The monoisotopic (exact) mass is 412 g/mol. The molecule has 0 spiro atoms. The maximum Gasteiger partial charge on any atom is 0.573 e. The molecule has 1 saturated heterocycles. The molecule has 11 heteroatoms. The quantitative estimate of drug-likeness (QED) is 0.714. The average molecular weight is 412 g/mol. The molecule has 0 unspecified atom stereocenters. The van der Waals surface area contributed by atoms with Crippen LogP contribution in [0, 0.1) is 5.82 Å². The first-order chi connectivity index (χ1) is 12.2. The number of ether oxygens (including phenoxy) is 1. The van der Waals surface area contributed by atoms with Gasteiger partial charge in [0.2, 0.25) is 15.9 Å². The zero-order valence-electron chi connectivity index (χ0n) is 15.2. The molecule has 2 rings (SSSR count). The van der Waals surface area contributed by atoms with Crippen LogP contribution in [-0.4, -0.2) is 54.6 Å². The maximum atomic E-state index is 14.4. The number of amides is 1. The molecule has 0 bridgehead atoms. The van der Waals surface area contributed by atoms with Crippen molar-refractivity contribution < 1.29 is 35.5 Å². The van der Waals surface area contributed by atoms with Crippen molar-refractivity contribution in [1.29, 1.82) is 0 Å². The summed E-state index contributed by atoms with van der Waals surface area (Å²) in [5.41, 5.74) is -0.882. The molecular formula is C16H20F4N2O4S. The van der Waals surface area contributed by atoms with Crippen LogP contribution in [0.2, 0.25) is 0 Å². The summed E-state index contributed by atoms with van der Waals surface area (Å²) in [7, 11) is -4.56. The van der Waals surface area contributed by atoms with Gasteiger partial charge in [-0.3, -0.25) is 4.79 Å². The number of carbonyl (C=O) groups is 1. The van der Waals surface area contributed by atoms with E-state index in [9.17, 15) is 30.8 Å². The highest BCUT2D eigenvalue weighted by atomic mass is 32.2. The molecule has 1 amide bonds. The van der Waals surface area contributed by atoms with E-state index in [-0.39, 0.29) is 12.6 Å². The summed E-state index contributed by atoms with van der Waals surface area (Å²) in [5.74, 6) is -3.39. The fourth-order valence-corrected chi connectivity index (χ4v) is 4.94. The summed E-state index contributed by atoms with van der Waals surface area (Å²) in [6, 6.07) is 2.26. The molecule has 27 heavy (non-hydrogen) atoms. The number of halogens is 4. The topological polar surface area (TPSA) is 66.9 Å². The number of benzene rings is 1. The lowest BCUT2D eigenvalue weighted by Crippen LogP contribution is -2.64. The second-order valence-corrected chi connectivity index (χ2v) is 8.97. The van der Waals surface area contributed by atoms with Crippen molar-refractivity contribution >= 4 is 15.9 Å². The fraction of sp³-hybridized carbons (Fsp3) is 0.562. The van der Waals surface area contributed by atoms with Crippen LogP contribution in [0.15, 0.2) is 23.1 Å². The number of nitrogens with zero attached hydrogens (tertiary/aromatic N) is 2. The standard InChI is InChI=1S/C16H20F4N2O4S/c1-10(2)22-13(23)8-21(9-15(22,3)4)27(24,25)12-7-5-6-11(14(12)17)26-16(18,19)20/h5-7,10H,8-9H2,1-4H3. The highest BCUT2D eigenvalue weighted by Gasteiger charge is 2.45. The first-order valence-electron chi connectivity index (χ1n) is 8.03. The number of sulfonamides is 1. The van der Waals surface area contributed by atoms with Crippen LogP contribution in [0.3, 0.4) is 0 Å². The SMILES string of the molecule is CC(C)N1C(=O)CN(S(=O)(=O)c2cccc(OC(F)(F)F)c2F)CC1(C)C. The van der Waals surface area contributed by atoms with Gasteiger partial charge in [0.25, 0.3) is 0 Å². The molecule has 1 fully saturated rings. The van der Waals surface area contributed by atoms with Gasteiger partial charge in [-0.15, -0.1) is 13.2 Å². The lowest BCUT2D eigenvalue weighted by atomic mass is 9.98. The summed E-state index contributed by atoms with van der Waals surface area (Å²) < 4.78 is 81.5. The van der Waals surface area contributed by atoms with Gasteiger partial charge >= 0.3 is 6.36 Å². The van der Waals surface area contributed by atoms with Crippen molar-refractivity contribution in [2.45, 2.75) is 50.5 Å². The zero-order valence-corrected chi connectivity index (χ0v) is 16.0. The molecule has 0 aliphatic carbocycles. The minimum atomic E-state index is -5.18. The number of rotatable bonds is 4. The van der Waals surface area contributed by atoms with Crippen molar-refractivity contribution in [3.63, 3.8) is 0 Å². The minimum absolute atomic E-state index is 0.136. The van der Waals surface area contributed by atoms with Crippen LogP contribution >= 0.6 is 0 Å². The second kappa shape index (κ2) is 6.93. The van der Waals surface area contributed by atoms with E-state index < -0.39 is 50.8 Å². The van der Waals surface area contributed by atoms with E-state index in [2.05, 4.69) is 4.74 Å². The van der Waals surface area contributed by atoms with E-state index in [1.54, 1.807) is 27.7 Å². The predicted molar refractivity (Wildman–Crippen MR) is 87.9 cm³/mol. The lowest BCUT2D eigenvalue weighted by Gasteiger charge is -2.48. The summed E-state index contributed by atoms with van der Waals surface area (Å²) in [6.07, 6.45) is -5.18. The lowest BCUT2D eigenvalue weighted by molar-refractivity contribution is -0.275. The Bertz CT molecular complexity index is 837. The van der Waals surface area contributed by atoms with E-state index in [1.807, 2.05) is 0 Å². The van der Waals surface area contributed by atoms with E-state index >= 15 is 0 Å². The number of carbonyl (C=O) groups excluding carboxylic acids is 1. The fourth-order valence-electron chi connectivity index (χ4n) is 3.32. The number of piperazine rings is 1. The van der Waals surface area contributed by atoms with E-state index in [0.29, 0.717) is 6.07 Å². The molecule has 6 nitrogen and oxygen atoms in total. The van der Waals surface area contributed by atoms with Crippen LogP contribution in [0.5, 0.6) is 5.75 Å². The van der Waals surface area contributed by atoms with Gasteiger partial charge < -0.3 is 9.64 Å².